The van der Waals surface area contributed by atoms with Gasteiger partial charge < -0.3 is 24.7 Å². The number of nitrogens with zero attached hydrogens (tertiary/aromatic N) is 1. The lowest BCUT2D eigenvalue weighted by Crippen LogP contribution is -2.60. The van der Waals surface area contributed by atoms with E-state index in [4.69, 9.17) is 9.47 Å². The Morgan fingerprint density at radius 3 is 2.43 bits per heavy atom. The molecule has 0 bridgehead atoms. The Hall–Kier alpha value is -2.32. The van der Waals surface area contributed by atoms with Gasteiger partial charge in [0.15, 0.2) is 11.5 Å². The summed E-state index contributed by atoms with van der Waals surface area (Å²) in [6.07, 6.45) is 4.71. The SMILES string of the molecule is Cc1cc(C)c(CNC(=O)c2cc(Br)c3c(c2C)OC(C)(C2CC4(CC(N(C)C)C4)C2)O3)c(=O)[nH]1. The number of nitrogens with one attached hydrogen (secondary N) is 2. The third-order valence-electron chi connectivity index (χ3n) is 8.38. The molecule has 2 aliphatic carbocycles. The van der Waals surface area contributed by atoms with E-state index < -0.39 is 5.79 Å². The lowest BCUT2D eigenvalue weighted by atomic mass is 9.48. The second-order valence-corrected chi connectivity index (χ2v) is 12.0. The Balaban J connectivity index is 1.29. The van der Waals surface area contributed by atoms with E-state index in [0.29, 0.717) is 44.5 Å². The molecule has 1 aliphatic heterocycles. The molecule has 2 N–H and O–H groups in total. The highest BCUT2D eigenvalue weighted by Gasteiger charge is 2.61. The van der Waals surface area contributed by atoms with Crippen LogP contribution < -0.4 is 20.3 Å². The van der Waals surface area contributed by atoms with Crippen LogP contribution in [0.25, 0.3) is 0 Å². The molecule has 188 valence electrons. The molecule has 1 aromatic heterocycles. The van der Waals surface area contributed by atoms with Crippen LogP contribution in [0, 0.1) is 32.1 Å². The van der Waals surface area contributed by atoms with E-state index in [1.807, 2.05) is 33.8 Å². The van der Waals surface area contributed by atoms with E-state index in [2.05, 4.69) is 45.2 Å². The predicted octanol–water partition coefficient (Wildman–Crippen LogP) is 4.60. The number of pyridine rings is 1. The number of amides is 1. The van der Waals surface area contributed by atoms with E-state index in [1.165, 1.54) is 12.8 Å². The first-order chi connectivity index (χ1) is 16.4. The van der Waals surface area contributed by atoms with Crippen LogP contribution in [0.1, 0.15) is 65.3 Å². The van der Waals surface area contributed by atoms with E-state index >= 15 is 0 Å². The Bertz CT molecular complexity index is 1260. The average molecular weight is 544 g/mol. The Kier molecular flexibility index (Phi) is 5.83. The summed E-state index contributed by atoms with van der Waals surface area (Å²) in [5.74, 6) is 0.614. The number of H-pyrrole nitrogens is 1. The van der Waals surface area contributed by atoms with Crippen molar-refractivity contribution in [2.24, 2.45) is 11.3 Å². The van der Waals surface area contributed by atoms with E-state index in [9.17, 15) is 9.59 Å². The summed E-state index contributed by atoms with van der Waals surface area (Å²) < 4.78 is 13.5. The first kappa shape index (κ1) is 24.4. The average Bonchev–Trinajstić information content (AvgIpc) is 3.06. The van der Waals surface area contributed by atoms with Gasteiger partial charge in [-0.05, 0) is 99.6 Å². The minimum absolute atomic E-state index is 0.154. The molecule has 0 saturated heterocycles. The number of aryl methyl sites for hydroxylation is 2. The number of hydrogen-bond acceptors (Lipinski definition) is 5. The number of halogens is 1. The number of aromatic amines is 1. The second-order valence-electron chi connectivity index (χ2n) is 11.2. The fraction of sp³-hybridized carbons (Fsp3) is 0.556. The van der Waals surface area contributed by atoms with Gasteiger partial charge in [-0.25, -0.2) is 0 Å². The van der Waals surface area contributed by atoms with Crippen molar-refractivity contribution in [2.45, 2.75) is 71.8 Å². The van der Waals surface area contributed by atoms with Crippen molar-refractivity contribution in [3.05, 3.63) is 54.9 Å². The molecule has 1 atom stereocenters. The molecule has 2 heterocycles. The number of ether oxygens (including phenoxy) is 2. The van der Waals surface area contributed by atoms with Gasteiger partial charge in [0.1, 0.15) is 0 Å². The summed E-state index contributed by atoms with van der Waals surface area (Å²) in [5.41, 5.74) is 3.71. The van der Waals surface area contributed by atoms with Gasteiger partial charge in [0.25, 0.3) is 17.3 Å². The number of hydrogen-bond donors (Lipinski definition) is 2. The zero-order valence-electron chi connectivity index (χ0n) is 21.3. The lowest BCUT2D eigenvalue weighted by molar-refractivity contribution is -0.197. The summed E-state index contributed by atoms with van der Waals surface area (Å²) in [4.78, 5) is 30.6. The molecular formula is C27H34BrN3O4. The Morgan fingerprint density at radius 2 is 1.80 bits per heavy atom. The van der Waals surface area contributed by atoms with Crippen molar-refractivity contribution in [2.75, 3.05) is 14.1 Å². The van der Waals surface area contributed by atoms with Crippen molar-refractivity contribution < 1.29 is 14.3 Å². The number of benzene rings is 1. The van der Waals surface area contributed by atoms with Crippen LogP contribution in [0.15, 0.2) is 21.4 Å². The van der Waals surface area contributed by atoms with Crippen LogP contribution in [-0.2, 0) is 6.54 Å². The van der Waals surface area contributed by atoms with Gasteiger partial charge in [-0.1, -0.05) is 0 Å². The molecule has 7 nitrogen and oxygen atoms in total. The second kappa shape index (κ2) is 8.37. The number of rotatable bonds is 5. The monoisotopic (exact) mass is 543 g/mol. The van der Waals surface area contributed by atoms with Crippen LogP contribution in [0.5, 0.6) is 11.5 Å². The summed E-state index contributed by atoms with van der Waals surface area (Å²) >= 11 is 3.59. The topological polar surface area (TPSA) is 83.7 Å². The van der Waals surface area contributed by atoms with Gasteiger partial charge in [0, 0.05) is 47.8 Å². The number of aromatic nitrogens is 1. The first-order valence-corrected chi connectivity index (χ1v) is 13.1. The Labute approximate surface area is 214 Å². The molecule has 1 aromatic carbocycles. The minimum atomic E-state index is -0.731. The number of fused-ring (bicyclic) bond motifs is 1. The zero-order valence-corrected chi connectivity index (χ0v) is 22.9. The van der Waals surface area contributed by atoms with Crippen LogP contribution in [-0.4, -0.2) is 41.7 Å². The quantitative estimate of drug-likeness (QED) is 0.575. The highest BCUT2D eigenvalue weighted by Crippen LogP contribution is 2.64. The summed E-state index contributed by atoms with van der Waals surface area (Å²) in [5, 5.41) is 2.90. The van der Waals surface area contributed by atoms with Gasteiger partial charge >= 0.3 is 0 Å². The van der Waals surface area contributed by atoms with Crippen LogP contribution in [0.2, 0.25) is 0 Å². The molecule has 2 saturated carbocycles. The smallest absolute Gasteiger partial charge is 0.253 e. The van der Waals surface area contributed by atoms with Crippen LogP contribution in [0.3, 0.4) is 0 Å². The molecule has 35 heavy (non-hydrogen) atoms. The molecule has 3 aliphatic rings. The highest BCUT2D eigenvalue weighted by molar-refractivity contribution is 9.10. The largest absolute Gasteiger partial charge is 0.448 e. The molecule has 8 heteroatoms. The summed E-state index contributed by atoms with van der Waals surface area (Å²) in [7, 11) is 4.31. The molecule has 0 radical (unpaired) electrons. The van der Waals surface area contributed by atoms with Crippen LogP contribution in [0.4, 0.5) is 0 Å². The molecule has 1 unspecified atom stereocenters. The summed E-state index contributed by atoms with van der Waals surface area (Å²) in [6, 6.07) is 4.37. The van der Waals surface area contributed by atoms with Crippen LogP contribution >= 0.6 is 15.9 Å². The number of carbonyl (C=O) groups is 1. The van der Waals surface area contributed by atoms with Crippen molar-refractivity contribution in [3.63, 3.8) is 0 Å². The van der Waals surface area contributed by atoms with Gasteiger partial charge in [0.2, 0.25) is 0 Å². The molecule has 5 rings (SSSR count). The van der Waals surface area contributed by atoms with Gasteiger partial charge in [-0.2, -0.15) is 0 Å². The van der Waals surface area contributed by atoms with E-state index in [1.54, 1.807) is 6.07 Å². The number of carbonyl (C=O) groups excluding carboxylic acids is 1. The predicted molar refractivity (Wildman–Crippen MR) is 138 cm³/mol. The van der Waals surface area contributed by atoms with Crippen molar-refractivity contribution >= 4 is 21.8 Å². The molecule has 2 fully saturated rings. The van der Waals surface area contributed by atoms with E-state index in [0.717, 1.165) is 29.7 Å². The maximum Gasteiger partial charge on any atom is 0.253 e. The van der Waals surface area contributed by atoms with Crippen molar-refractivity contribution in [3.8, 4) is 11.5 Å². The molecule has 1 spiro atoms. The molecular weight excluding hydrogens is 510 g/mol. The fourth-order valence-electron chi connectivity index (χ4n) is 6.11. The maximum absolute atomic E-state index is 13.1. The third-order valence-corrected chi connectivity index (χ3v) is 8.97. The standard InChI is InChI=1S/C27H34BrN3O4/c1-14-7-15(2)30-25(33)20(14)13-29-24(32)19-8-21(28)23-22(16(19)3)34-26(4,35-23)17-9-27(10-17)11-18(12-27)31(5)6/h7-8,17-18H,9-13H2,1-6H3,(H,29,32)(H,30,33). The van der Waals surface area contributed by atoms with Gasteiger partial charge in [-0.3, -0.25) is 9.59 Å². The summed E-state index contributed by atoms with van der Waals surface area (Å²) in [6.45, 7) is 7.78. The van der Waals surface area contributed by atoms with Crippen molar-refractivity contribution in [1.29, 1.82) is 0 Å². The van der Waals surface area contributed by atoms with E-state index in [-0.39, 0.29) is 18.0 Å². The third kappa shape index (κ3) is 4.08. The minimum Gasteiger partial charge on any atom is -0.448 e. The highest BCUT2D eigenvalue weighted by atomic mass is 79.9. The zero-order chi connectivity index (χ0) is 25.3. The molecule has 2 aromatic rings. The maximum atomic E-state index is 13.1. The lowest BCUT2D eigenvalue weighted by Gasteiger charge is -2.61. The normalized spacial score (nSPS) is 28.7. The molecule has 1 amide bonds. The fourth-order valence-corrected chi connectivity index (χ4v) is 6.60. The van der Waals surface area contributed by atoms with Gasteiger partial charge in [-0.15, -0.1) is 0 Å². The first-order valence-electron chi connectivity index (χ1n) is 12.3. The Morgan fingerprint density at radius 1 is 1.14 bits per heavy atom. The van der Waals surface area contributed by atoms with Gasteiger partial charge in [0.05, 0.1) is 4.47 Å². The van der Waals surface area contributed by atoms with Crippen molar-refractivity contribution in [1.82, 2.24) is 15.2 Å².